The average Bonchev–Trinajstić information content (AvgIpc) is 3.21. The third-order valence-electron chi connectivity index (χ3n) is 7.20. The third-order valence-corrected chi connectivity index (χ3v) is 7.20. The molecule has 10 nitrogen and oxygen atoms in total. The molecule has 0 saturated heterocycles. The van der Waals surface area contributed by atoms with E-state index in [1.807, 2.05) is 31.2 Å². The lowest BCUT2D eigenvalue weighted by molar-refractivity contribution is -0.394. The van der Waals surface area contributed by atoms with E-state index in [-0.39, 0.29) is 18.4 Å². The number of rotatable bonds is 7. The van der Waals surface area contributed by atoms with E-state index >= 15 is 0 Å². The van der Waals surface area contributed by atoms with Crippen LogP contribution in [0.15, 0.2) is 48.5 Å². The summed E-state index contributed by atoms with van der Waals surface area (Å²) in [7, 11) is 0. The smallest absolute Gasteiger partial charge is 0.340 e. The van der Waals surface area contributed by atoms with E-state index in [1.165, 1.54) is 12.5 Å². The molecule has 0 bridgehead atoms. The van der Waals surface area contributed by atoms with Gasteiger partial charge in [-0.15, -0.1) is 0 Å². The summed E-state index contributed by atoms with van der Waals surface area (Å²) in [6.07, 6.45) is 5.43. The van der Waals surface area contributed by atoms with E-state index in [2.05, 4.69) is 4.57 Å². The molecule has 0 atom stereocenters. The second-order valence-corrected chi connectivity index (χ2v) is 9.43. The summed E-state index contributed by atoms with van der Waals surface area (Å²) in [6.45, 7) is 3.91. The highest BCUT2D eigenvalue weighted by Crippen LogP contribution is 2.44. The van der Waals surface area contributed by atoms with Crippen molar-refractivity contribution in [3.63, 3.8) is 0 Å². The van der Waals surface area contributed by atoms with Gasteiger partial charge in [-0.05, 0) is 38.8 Å². The second kappa shape index (κ2) is 10.1. The first kappa shape index (κ1) is 25.2. The van der Waals surface area contributed by atoms with Crippen LogP contribution in [0, 0.1) is 27.2 Å². The number of non-ortho nitro benzene ring substituents is 1. The largest absolute Gasteiger partial charge is 0.462 e. The van der Waals surface area contributed by atoms with E-state index in [9.17, 15) is 25.0 Å². The molecule has 0 radical (unpaired) electrons. The third kappa shape index (κ3) is 4.31. The number of nitrogens with zero attached hydrogens (tertiary/aromatic N) is 3. The molecule has 1 aromatic heterocycles. The van der Waals surface area contributed by atoms with Crippen LogP contribution in [0.1, 0.15) is 61.1 Å². The number of esters is 1. The number of nitro groups is 2. The van der Waals surface area contributed by atoms with Crippen molar-refractivity contribution in [3.8, 4) is 11.5 Å². The second-order valence-electron chi connectivity index (χ2n) is 9.43. The quantitative estimate of drug-likeness (QED) is 0.142. The van der Waals surface area contributed by atoms with E-state index < -0.39 is 27.2 Å². The van der Waals surface area contributed by atoms with Crippen molar-refractivity contribution in [2.24, 2.45) is 0 Å². The summed E-state index contributed by atoms with van der Waals surface area (Å²) in [4.78, 5) is 34.7. The summed E-state index contributed by atoms with van der Waals surface area (Å²) in [5.41, 5.74) is 1.23. The topological polar surface area (TPSA) is 127 Å². The van der Waals surface area contributed by atoms with E-state index in [0.717, 1.165) is 54.4 Å². The molecule has 38 heavy (non-hydrogen) atoms. The van der Waals surface area contributed by atoms with Crippen LogP contribution in [-0.4, -0.2) is 27.0 Å². The van der Waals surface area contributed by atoms with Gasteiger partial charge in [0.2, 0.25) is 5.75 Å². The van der Waals surface area contributed by atoms with Gasteiger partial charge in [-0.25, -0.2) is 4.79 Å². The van der Waals surface area contributed by atoms with Crippen molar-refractivity contribution >= 4 is 39.0 Å². The predicted octanol–water partition coefficient (Wildman–Crippen LogP) is 7.39. The number of hydrogen-bond donors (Lipinski definition) is 0. The fraction of sp³-hybridized carbons (Fsp3) is 0.321. The van der Waals surface area contributed by atoms with Crippen molar-refractivity contribution in [1.29, 1.82) is 0 Å². The van der Waals surface area contributed by atoms with Crippen LogP contribution < -0.4 is 4.74 Å². The molecule has 1 saturated carbocycles. The number of ether oxygens (including phenoxy) is 2. The van der Waals surface area contributed by atoms with Gasteiger partial charge in [0.1, 0.15) is 5.75 Å². The molecule has 10 heteroatoms. The first-order valence-corrected chi connectivity index (χ1v) is 12.7. The highest BCUT2D eigenvalue weighted by Gasteiger charge is 2.29. The minimum atomic E-state index is -0.712. The number of carbonyl (C=O) groups excluding carboxylic acids is 1. The SMILES string of the molecule is CCOC(=O)c1c(C)n(C2CCCCC2)c2c1cc(Oc1ccc([N+](=O)[O-])cc1[N+](=O)[O-])c1ccccc12. The molecular formula is C28H27N3O7. The van der Waals surface area contributed by atoms with Crippen LogP contribution in [0.5, 0.6) is 11.5 Å². The van der Waals surface area contributed by atoms with Crippen LogP contribution in [0.2, 0.25) is 0 Å². The molecule has 4 aromatic rings. The Kier molecular flexibility index (Phi) is 6.71. The minimum absolute atomic E-state index is 0.133. The monoisotopic (exact) mass is 517 g/mol. The van der Waals surface area contributed by atoms with Gasteiger partial charge >= 0.3 is 11.7 Å². The number of benzene rings is 3. The number of hydrogen-bond acceptors (Lipinski definition) is 7. The van der Waals surface area contributed by atoms with Gasteiger partial charge in [-0.2, -0.15) is 0 Å². The van der Waals surface area contributed by atoms with E-state index in [1.54, 1.807) is 13.0 Å². The Labute approximate surface area is 218 Å². The Hall–Kier alpha value is -4.47. The Morgan fingerprint density at radius 2 is 1.66 bits per heavy atom. The fourth-order valence-corrected chi connectivity index (χ4v) is 5.57. The zero-order valence-corrected chi connectivity index (χ0v) is 21.1. The zero-order chi connectivity index (χ0) is 27.0. The van der Waals surface area contributed by atoms with Crippen molar-refractivity contribution in [2.75, 3.05) is 6.61 Å². The van der Waals surface area contributed by atoms with Gasteiger partial charge in [0.05, 0.1) is 33.6 Å². The van der Waals surface area contributed by atoms with Crippen LogP contribution in [0.3, 0.4) is 0 Å². The maximum absolute atomic E-state index is 13.2. The summed E-state index contributed by atoms with van der Waals surface area (Å²) >= 11 is 0. The van der Waals surface area contributed by atoms with Gasteiger partial charge in [-0.3, -0.25) is 20.2 Å². The molecule has 0 amide bonds. The summed E-state index contributed by atoms with van der Waals surface area (Å²) in [5.74, 6) is -0.269. The molecule has 1 aliphatic carbocycles. The standard InChI is InChI=1S/C28H27N3O7/c1-3-37-28(32)26-17(2)29(18-9-5-4-6-10-18)27-21-12-8-7-11-20(21)25(16-22(26)27)38-24-14-13-19(30(33)34)15-23(24)31(35)36/h7-8,11-16,18H,3-6,9-10H2,1-2H3. The van der Waals surface area contributed by atoms with Crippen molar-refractivity contribution < 1.29 is 24.1 Å². The molecule has 196 valence electrons. The van der Waals surface area contributed by atoms with Crippen LogP contribution in [-0.2, 0) is 4.74 Å². The van der Waals surface area contributed by atoms with Gasteiger partial charge in [-0.1, -0.05) is 43.5 Å². The number of fused-ring (bicyclic) bond motifs is 3. The molecule has 1 fully saturated rings. The van der Waals surface area contributed by atoms with Gasteiger partial charge in [0, 0.05) is 34.0 Å². The minimum Gasteiger partial charge on any atom is -0.462 e. The highest BCUT2D eigenvalue weighted by atomic mass is 16.6. The van der Waals surface area contributed by atoms with Crippen molar-refractivity contribution in [1.82, 2.24) is 4.57 Å². The lowest BCUT2D eigenvalue weighted by atomic mass is 9.94. The summed E-state index contributed by atoms with van der Waals surface area (Å²) < 4.78 is 13.8. The first-order chi connectivity index (χ1) is 18.3. The Morgan fingerprint density at radius 3 is 2.32 bits per heavy atom. The molecular weight excluding hydrogens is 490 g/mol. The molecule has 0 aliphatic heterocycles. The molecule has 5 rings (SSSR count). The zero-order valence-electron chi connectivity index (χ0n) is 21.1. The van der Waals surface area contributed by atoms with E-state index in [4.69, 9.17) is 9.47 Å². The average molecular weight is 518 g/mol. The lowest BCUT2D eigenvalue weighted by Gasteiger charge is -2.26. The molecule has 1 aliphatic rings. The highest BCUT2D eigenvalue weighted by molar-refractivity contribution is 6.16. The Morgan fingerprint density at radius 1 is 0.947 bits per heavy atom. The normalized spacial score (nSPS) is 14.1. The maximum atomic E-state index is 13.2. The number of carbonyl (C=O) groups is 1. The number of nitro benzene ring substituents is 2. The Bertz CT molecular complexity index is 1580. The van der Waals surface area contributed by atoms with Crippen LogP contribution in [0.25, 0.3) is 21.7 Å². The molecule has 0 N–H and O–H groups in total. The first-order valence-electron chi connectivity index (χ1n) is 12.7. The summed E-state index contributed by atoms with van der Waals surface area (Å²) in [6, 6.07) is 12.8. The molecule has 1 heterocycles. The predicted molar refractivity (Wildman–Crippen MR) is 142 cm³/mol. The number of aromatic nitrogens is 1. The lowest BCUT2D eigenvalue weighted by Crippen LogP contribution is -2.15. The summed E-state index contributed by atoms with van der Waals surface area (Å²) in [5, 5.41) is 25.1. The van der Waals surface area contributed by atoms with Crippen LogP contribution in [0.4, 0.5) is 11.4 Å². The Balaban J connectivity index is 1.77. The molecule has 0 spiro atoms. The van der Waals surface area contributed by atoms with Crippen molar-refractivity contribution in [2.45, 2.75) is 52.0 Å². The van der Waals surface area contributed by atoms with Crippen molar-refractivity contribution in [3.05, 3.63) is 80.0 Å². The van der Waals surface area contributed by atoms with E-state index in [0.29, 0.717) is 22.1 Å². The molecule has 3 aromatic carbocycles. The van der Waals surface area contributed by atoms with Crippen LogP contribution >= 0.6 is 0 Å². The maximum Gasteiger partial charge on any atom is 0.340 e. The van der Waals surface area contributed by atoms with Gasteiger partial charge < -0.3 is 14.0 Å². The molecule has 0 unspecified atom stereocenters. The van der Waals surface area contributed by atoms with Gasteiger partial charge in [0.25, 0.3) is 5.69 Å². The fourth-order valence-electron chi connectivity index (χ4n) is 5.57. The van der Waals surface area contributed by atoms with Gasteiger partial charge in [0.15, 0.2) is 0 Å².